The number of para-hydroxylation sites is 2. The van der Waals surface area contributed by atoms with Crippen molar-refractivity contribution in [3.8, 4) is 23.8 Å². The molecule has 1 aromatic carbocycles. The Kier molecular flexibility index (Phi) is 2.09. The molecule has 1 unspecified atom stereocenters. The highest BCUT2D eigenvalue weighted by molar-refractivity contribution is 5.40. The Morgan fingerprint density at radius 2 is 2.15 bits per heavy atom. The van der Waals surface area contributed by atoms with Gasteiger partial charge in [-0.15, -0.1) is 12.3 Å². The molecular weight excluding hydrogens is 164 g/mol. The fourth-order valence-electron chi connectivity index (χ4n) is 1.30. The average molecular weight is 174 g/mol. The van der Waals surface area contributed by atoms with Crippen molar-refractivity contribution >= 4 is 0 Å². The van der Waals surface area contributed by atoms with Gasteiger partial charge in [0.1, 0.15) is 12.7 Å². The van der Waals surface area contributed by atoms with Gasteiger partial charge in [0, 0.05) is 6.42 Å². The molecule has 1 aliphatic heterocycles. The maximum atomic E-state index is 5.60. The number of hydrogen-bond donors (Lipinski definition) is 0. The summed E-state index contributed by atoms with van der Waals surface area (Å²) in [7, 11) is 0. The summed E-state index contributed by atoms with van der Waals surface area (Å²) in [4.78, 5) is 0. The van der Waals surface area contributed by atoms with Crippen molar-refractivity contribution < 1.29 is 9.47 Å². The first kappa shape index (κ1) is 8.00. The van der Waals surface area contributed by atoms with Crippen molar-refractivity contribution in [2.24, 2.45) is 0 Å². The molecular formula is C11H10O2. The summed E-state index contributed by atoms with van der Waals surface area (Å²) in [6, 6.07) is 7.61. The molecule has 1 aromatic rings. The summed E-state index contributed by atoms with van der Waals surface area (Å²) in [5, 5.41) is 0. The quantitative estimate of drug-likeness (QED) is 0.605. The number of rotatable bonds is 1. The molecule has 13 heavy (non-hydrogen) atoms. The number of ether oxygens (including phenoxy) is 2. The molecule has 0 saturated carbocycles. The predicted octanol–water partition coefficient (Wildman–Crippen LogP) is 1.85. The molecule has 2 rings (SSSR count). The summed E-state index contributed by atoms with van der Waals surface area (Å²) in [6.45, 7) is 0.543. The molecule has 2 nitrogen and oxygen atoms in total. The first-order valence-corrected chi connectivity index (χ1v) is 4.22. The Labute approximate surface area is 77.5 Å². The van der Waals surface area contributed by atoms with Gasteiger partial charge in [0.25, 0.3) is 0 Å². The van der Waals surface area contributed by atoms with E-state index in [4.69, 9.17) is 15.9 Å². The van der Waals surface area contributed by atoms with Crippen LogP contribution in [0.15, 0.2) is 24.3 Å². The molecule has 0 spiro atoms. The summed E-state index contributed by atoms with van der Waals surface area (Å²) in [6.07, 6.45) is 5.79. The highest BCUT2D eigenvalue weighted by Gasteiger charge is 2.18. The Morgan fingerprint density at radius 1 is 1.38 bits per heavy atom. The number of terminal acetylenes is 1. The van der Waals surface area contributed by atoms with Crippen molar-refractivity contribution in [2.45, 2.75) is 12.5 Å². The minimum absolute atomic E-state index is 0.0000926. The van der Waals surface area contributed by atoms with Gasteiger partial charge in [-0.3, -0.25) is 0 Å². The van der Waals surface area contributed by atoms with Crippen LogP contribution in [0.5, 0.6) is 11.5 Å². The van der Waals surface area contributed by atoms with E-state index in [2.05, 4.69) is 5.92 Å². The molecule has 0 bridgehead atoms. The lowest BCUT2D eigenvalue weighted by Crippen LogP contribution is -2.28. The van der Waals surface area contributed by atoms with Gasteiger partial charge in [0.05, 0.1) is 0 Å². The fourth-order valence-corrected chi connectivity index (χ4v) is 1.30. The van der Waals surface area contributed by atoms with Gasteiger partial charge in [-0.25, -0.2) is 0 Å². The summed E-state index contributed by atoms with van der Waals surface area (Å²) < 4.78 is 11.1. The molecule has 0 N–H and O–H groups in total. The summed E-state index contributed by atoms with van der Waals surface area (Å²) in [5.41, 5.74) is 0. The molecule has 1 atom stereocenters. The minimum Gasteiger partial charge on any atom is -0.486 e. The van der Waals surface area contributed by atoms with Gasteiger partial charge < -0.3 is 9.47 Å². The van der Waals surface area contributed by atoms with Crippen LogP contribution in [0.25, 0.3) is 0 Å². The van der Waals surface area contributed by atoms with Crippen LogP contribution in [0.2, 0.25) is 0 Å². The van der Waals surface area contributed by atoms with E-state index in [1.54, 1.807) is 0 Å². The van der Waals surface area contributed by atoms with Crippen molar-refractivity contribution in [3.63, 3.8) is 0 Å². The molecule has 0 radical (unpaired) electrons. The average Bonchev–Trinajstić information content (AvgIpc) is 2.18. The van der Waals surface area contributed by atoms with Crippen LogP contribution in [-0.4, -0.2) is 12.7 Å². The molecule has 0 fully saturated rings. The van der Waals surface area contributed by atoms with Crippen molar-refractivity contribution in [1.82, 2.24) is 0 Å². The third-order valence-corrected chi connectivity index (χ3v) is 1.91. The summed E-state index contributed by atoms with van der Waals surface area (Å²) in [5.74, 6) is 4.15. The van der Waals surface area contributed by atoms with Crippen LogP contribution in [-0.2, 0) is 0 Å². The third-order valence-electron chi connectivity index (χ3n) is 1.91. The minimum atomic E-state index is -0.0000926. The number of fused-ring (bicyclic) bond motifs is 1. The second kappa shape index (κ2) is 3.40. The Bertz CT molecular complexity index is 338. The van der Waals surface area contributed by atoms with E-state index in [0.717, 1.165) is 11.5 Å². The molecule has 66 valence electrons. The largest absolute Gasteiger partial charge is 0.486 e. The van der Waals surface area contributed by atoms with Crippen molar-refractivity contribution in [1.29, 1.82) is 0 Å². The number of hydrogen-bond acceptors (Lipinski definition) is 2. The molecule has 1 heterocycles. The monoisotopic (exact) mass is 174 g/mol. The van der Waals surface area contributed by atoms with E-state index in [9.17, 15) is 0 Å². The third kappa shape index (κ3) is 1.59. The highest BCUT2D eigenvalue weighted by atomic mass is 16.6. The van der Waals surface area contributed by atoms with Gasteiger partial charge in [-0.1, -0.05) is 12.1 Å². The van der Waals surface area contributed by atoms with Crippen molar-refractivity contribution in [2.75, 3.05) is 6.61 Å². The first-order chi connectivity index (χ1) is 6.40. The maximum Gasteiger partial charge on any atom is 0.161 e. The molecule has 0 amide bonds. The topological polar surface area (TPSA) is 18.5 Å². The van der Waals surface area contributed by atoms with E-state index in [0.29, 0.717) is 13.0 Å². The second-order valence-electron chi connectivity index (χ2n) is 2.91. The van der Waals surface area contributed by atoms with E-state index in [1.165, 1.54) is 0 Å². The normalized spacial score (nSPS) is 19.2. The van der Waals surface area contributed by atoms with Gasteiger partial charge in [0.15, 0.2) is 11.5 Å². The Balaban J connectivity index is 2.16. The SMILES string of the molecule is C#CCC1COc2ccccc2O1. The molecule has 0 aromatic heterocycles. The second-order valence-corrected chi connectivity index (χ2v) is 2.91. The lowest BCUT2D eigenvalue weighted by Gasteiger charge is -2.24. The summed E-state index contributed by atoms with van der Waals surface area (Å²) >= 11 is 0. The zero-order chi connectivity index (χ0) is 9.10. The lowest BCUT2D eigenvalue weighted by molar-refractivity contribution is 0.0946. The predicted molar refractivity (Wildman–Crippen MR) is 49.8 cm³/mol. The van der Waals surface area contributed by atoms with Crippen molar-refractivity contribution in [3.05, 3.63) is 24.3 Å². The zero-order valence-corrected chi connectivity index (χ0v) is 7.19. The van der Waals surface area contributed by atoms with Crippen LogP contribution >= 0.6 is 0 Å². The van der Waals surface area contributed by atoms with E-state index in [1.807, 2.05) is 24.3 Å². The van der Waals surface area contributed by atoms with Crippen LogP contribution in [0.1, 0.15) is 6.42 Å². The molecule has 1 aliphatic rings. The maximum absolute atomic E-state index is 5.60. The van der Waals surface area contributed by atoms with Crippen LogP contribution in [0.4, 0.5) is 0 Å². The van der Waals surface area contributed by atoms with Crippen LogP contribution < -0.4 is 9.47 Å². The van der Waals surface area contributed by atoms with Crippen LogP contribution in [0, 0.1) is 12.3 Å². The van der Waals surface area contributed by atoms with E-state index >= 15 is 0 Å². The van der Waals surface area contributed by atoms with Crippen LogP contribution in [0.3, 0.4) is 0 Å². The van der Waals surface area contributed by atoms with Gasteiger partial charge in [0.2, 0.25) is 0 Å². The lowest BCUT2D eigenvalue weighted by atomic mass is 10.2. The molecule has 0 saturated heterocycles. The Morgan fingerprint density at radius 3 is 2.92 bits per heavy atom. The van der Waals surface area contributed by atoms with E-state index in [-0.39, 0.29) is 6.10 Å². The van der Waals surface area contributed by atoms with E-state index < -0.39 is 0 Å². The van der Waals surface area contributed by atoms with Gasteiger partial charge in [-0.05, 0) is 12.1 Å². The molecule has 2 heteroatoms. The number of benzene rings is 1. The smallest absolute Gasteiger partial charge is 0.161 e. The zero-order valence-electron chi connectivity index (χ0n) is 7.19. The highest BCUT2D eigenvalue weighted by Crippen LogP contribution is 2.31. The standard InChI is InChI=1S/C11H10O2/c1-2-5-9-8-12-10-6-3-4-7-11(10)13-9/h1,3-4,6-7,9H,5,8H2. The fraction of sp³-hybridized carbons (Fsp3) is 0.273. The first-order valence-electron chi connectivity index (χ1n) is 4.22. The van der Waals surface area contributed by atoms with Gasteiger partial charge in [-0.2, -0.15) is 0 Å². The van der Waals surface area contributed by atoms with Gasteiger partial charge >= 0.3 is 0 Å². The Hall–Kier alpha value is -1.62. The molecule has 0 aliphatic carbocycles.